The van der Waals surface area contributed by atoms with Crippen molar-refractivity contribution in [3.8, 4) is 0 Å². The van der Waals surface area contributed by atoms with Gasteiger partial charge in [-0.3, -0.25) is 4.79 Å². The molecule has 2 aliphatic heterocycles. The maximum atomic E-state index is 12.5. The molecule has 98 valence electrons. The van der Waals surface area contributed by atoms with Crippen LogP contribution >= 0.6 is 0 Å². The Labute approximate surface area is 103 Å². The van der Waals surface area contributed by atoms with Gasteiger partial charge in [0.05, 0.1) is 0 Å². The largest absolute Gasteiger partial charge is 0.381 e. The van der Waals surface area contributed by atoms with E-state index in [0.29, 0.717) is 6.54 Å². The first kappa shape index (κ1) is 12.8. The van der Waals surface area contributed by atoms with E-state index in [2.05, 4.69) is 13.8 Å². The molecule has 2 fully saturated rings. The van der Waals surface area contributed by atoms with E-state index in [-0.39, 0.29) is 23.4 Å². The first-order valence-electron chi connectivity index (χ1n) is 6.65. The molecule has 2 rings (SSSR count). The highest BCUT2D eigenvalue weighted by atomic mass is 16.5. The van der Waals surface area contributed by atoms with E-state index in [1.165, 1.54) is 0 Å². The molecule has 1 amide bonds. The Morgan fingerprint density at radius 3 is 2.59 bits per heavy atom. The lowest BCUT2D eigenvalue weighted by Gasteiger charge is -2.46. The van der Waals surface area contributed by atoms with Crippen molar-refractivity contribution in [1.29, 1.82) is 0 Å². The Balaban J connectivity index is 2.05. The highest BCUT2D eigenvalue weighted by molar-refractivity contribution is 5.80. The molecule has 0 bridgehead atoms. The zero-order chi connectivity index (χ0) is 12.5. The molecule has 2 saturated heterocycles. The Kier molecular flexibility index (Phi) is 3.73. The molecule has 1 unspecified atom stereocenters. The van der Waals surface area contributed by atoms with Crippen LogP contribution in [0.1, 0.15) is 39.5 Å². The normalized spacial score (nSPS) is 30.3. The van der Waals surface area contributed by atoms with E-state index in [1.54, 1.807) is 0 Å². The van der Waals surface area contributed by atoms with Crippen molar-refractivity contribution in [1.82, 2.24) is 4.90 Å². The number of piperidine rings is 1. The van der Waals surface area contributed by atoms with Gasteiger partial charge in [-0.05, 0) is 39.5 Å². The molecular weight excluding hydrogens is 216 g/mol. The van der Waals surface area contributed by atoms with Crippen molar-refractivity contribution < 1.29 is 9.53 Å². The van der Waals surface area contributed by atoms with Gasteiger partial charge in [-0.2, -0.15) is 0 Å². The molecule has 0 radical (unpaired) electrons. The second-order valence-electron chi connectivity index (χ2n) is 5.95. The lowest BCUT2D eigenvalue weighted by Crippen LogP contribution is -2.58. The fourth-order valence-corrected chi connectivity index (χ4v) is 2.80. The Hall–Kier alpha value is -0.610. The topological polar surface area (TPSA) is 55.6 Å². The van der Waals surface area contributed by atoms with Gasteiger partial charge < -0.3 is 15.4 Å². The minimum absolute atomic E-state index is 0.0365. The van der Waals surface area contributed by atoms with Crippen LogP contribution < -0.4 is 5.73 Å². The summed E-state index contributed by atoms with van der Waals surface area (Å²) in [6, 6.07) is 0.145. The monoisotopic (exact) mass is 240 g/mol. The minimum atomic E-state index is -0.0365. The fraction of sp³-hybridized carbons (Fsp3) is 0.923. The second kappa shape index (κ2) is 4.94. The summed E-state index contributed by atoms with van der Waals surface area (Å²) in [6.07, 6.45) is 3.75. The molecular formula is C13H24N2O2. The number of carbonyl (C=O) groups is 1. The third kappa shape index (κ3) is 2.80. The molecule has 4 nitrogen and oxygen atoms in total. The highest BCUT2D eigenvalue weighted by Crippen LogP contribution is 2.30. The zero-order valence-electron chi connectivity index (χ0n) is 10.9. The van der Waals surface area contributed by atoms with Crippen molar-refractivity contribution in [2.24, 2.45) is 11.7 Å². The van der Waals surface area contributed by atoms with Crippen molar-refractivity contribution in [3.63, 3.8) is 0 Å². The van der Waals surface area contributed by atoms with Crippen LogP contribution in [0.3, 0.4) is 0 Å². The maximum absolute atomic E-state index is 12.5. The van der Waals surface area contributed by atoms with E-state index in [4.69, 9.17) is 10.5 Å². The molecule has 1 atom stereocenters. The number of hydrogen-bond acceptors (Lipinski definition) is 3. The van der Waals surface area contributed by atoms with Crippen LogP contribution in [0.15, 0.2) is 0 Å². The average Bonchev–Trinajstić information content (AvgIpc) is 2.33. The van der Waals surface area contributed by atoms with Crippen LogP contribution in [0.2, 0.25) is 0 Å². The van der Waals surface area contributed by atoms with E-state index >= 15 is 0 Å². The number of amides is 1. The van der Waals surface area contributed by atoms with Gasteiger partial charge in [-0.25, -0.2) is 0 Å². The van der Waals surface area contributed by atoms with Gasteiger partial charge in [0.25, 0.3) is 0 Å². The average molecular weight is 240 g/mol. The highest BCUT2D eigenvalue weighted by Gasteiger charge is 2.38. The molecule has 17 heavy (non-hydrogen) atoms. The SMILES string of the molecule is CC1(C)CCC(N)CN1C(=O)C1CCOCC1. The predicted octanol–water partition coefficient (Wildman–Crippen LogP) is 1.14. The van der Waals surface area contributed by atoms with Gasteiger partial charge in [-0.15, -0.1) is 0 Å². The summed E-state index contributed by atoms with van der Waals surface area (Å²) in [5, 5.41) is 0. The summed E-state index contributed by atoms with van der Waals surface area (Å²) < 4.78 is 5.31. The van der Waals surface area contributed by atoms with Crippen molar-refractivity contribution in [3.05, 3.63) is 0 Å². The van der Waals surface area contributed by atoms with Gasteiger partial charge in [-0.1, -0.05) is 0 Å². The molecule has 2 aliphatic rings. The number of nitrogens with zero attached hydrogens (tertiary/aromatic N) is 1. The summed E-state index contributed by atoms with van der Waals surface area (Å²) in [5.74, 6) is 0.432. The first-order valence-corrected chi connectivity index (χ1v) is 6.65. The van der Waals surface area contributed by atoms with Gasteiger partial charge in [0.2, 0.25) is 5.91 Å². The fourth-order valence-electron chi connectivity index (χ4n) is 2.80. The predicted molar refractivity (Wildman–Crippen MR) is 66.5 cm³/mol. The molecule has 0 spiro atoms. The molecule has 2 heterocycles. The molecule has 4 heteroatoms. The Morgan fingerprint density at radius 1 is 1.29 bits per heavy atom. The van der Waals surface area contributed by atoms with Gasteiger partial charge in [0.15, 0.2) is 0 Å². The third-order valence-corrected chi connectivity index (χ3v) is 4.11. The smallest absolute Gasteiger partial charge is 0.226 e. The van der Waals surface area contributed by atoms with E-state index < -0.39 is 0 Å². The van der Waals surface area contributed by atoms with Crippen LogP contribution in [0.25, 0.3) is 0 Å². The van der Waals surface area contributed by atoms with Crippen molar-refractivity contribution in [2.45, 2.75) is 51.1 Å². The molecule has 0 saturated carbocycles. The van der Waals surface area contributed by atoms with Crippen LogP contribution in [0.4, 0.5) is 0 Å². The van der Waals surface area contributed by atoms with Crippen molar-refractivity contribution >= 4 is 5.91 Å². The van der Waals surface area contributed by atoms with Crippen molar-refractivity contribution in [2.75, 3.05) is 19.8 Å². The van der Waals surface area contributed by atoms with Crippen LogP contribution in [-0.4, -0.2) is 42.1 Å². The Bertz CT molecular complexity index is 285. The van der Waals surface area contributed by atoms with Crippen LogP contribution in [-0.2, 0) is 9.53 Å². The standard InChI is InChI=1S/C13H24N2O2/c1-13(2)6-3-11(14)9-15(13)12(16)10-4-7-17-8-5-10/h10-11H,3-9,14H2,1-2H3. The molecule has 2 N–H and O–H groups in total. The lowest BCUT2D eigenvalue weighted by molar-refractivity contribution is -0.146. The molecule has 0 aromatic heterocycles. The van der Waals surface area contributed by atoms with Crippen LogP contribution in [0.5, 0.6) is 0 Å². The van der Waals surface area contributed by atoms with Crippen LogP contribution in [0, 0.1) is 5.92 Å². The zero-order valence-corrected chi connectivity index (χ0v) is 10.9. The molecule has 0 aliphatic carbocycles. The summed E-state index contributed by atoms with van der Waals surface area (Å²) >= 11 is 0. The Morgan fingerprint density at radius 2 is 1.94 bits per heavy atom. The second-order valence-corrected chi connectivity index (χ2v) is 5.95. The number of ether oxygens (including phenoxy) is 1. The van der Waals surface area contributed by atoms with E-state index in [9.17, 15) is 4.79 Å². The number of nitrogens with two attached hydrogens (primary N) is 1. The third-order valence-electron chi connectivity index (χ3n) is 4.11. The van der Waals surface area contributed by atoms with Gasteiger partial charge >= 0.3 is 0 Å². The minimum Gasteiger partial charge on any atom is -0.381 e. The van der Waals surface area contributed by atoms with Gasteiger partial charge in [0, 0.05) is 37.3 Å². The van der Waals surface area contributed by atoms with E-state index in [0.717, 1.165) is 38.9 Å². The molecule has 0 aromatic rings. The summed E-state index contributed by atoms with van der Waals surface area (Å²) in [4.78, 5) is 14.5. The number of hydrogen-bond donors (Lipinski definition) is 1. The quantitative estimate of drug-likeness (QED) is 0.748. The maximum Gasteiger partial charge on any atom is 0.226 e. The lowest BCUT2D eigenvalue weighted by atomic mass is 9.86. The summed E-state index contributed by atoms with van der Waals surface area (Å²) in [5.41, 5.74) is 5.96. The number of carbonyl (C=O) groups excluding carboxylic acids is 1. The summed E-state index contributed by atoms with van der Waals surface area (Å²) in [7, 11) is 0. The number of likely N-dealkylation sites (tertiary alicyclic amines) is 1. The first-order chi connectivity index (χ1) is 8.00. The summed E-state index contributed by atoms with van der Waals surface area (Å²) in [6.45, 7) is 6.45. The van der Waals surface area contributed by atoms with E-state index in [1.807, 2.05) is 4.90 Å². The molecule has 0 aromatic carbocycles. The van der Waals surface area contributed by atoms with Gasteiger partial charge in [0.1, 0.15) is 0 Å². The number of rotatable bonds is 1.